The Morgan fingerprint density at radius 3 is 2.63 bits per heavy atom. The van der Waals surface area contributed by atoms with Crippen molar-refractivity contribution in [2.45, 2.75) is 6.42 Å². The maximum Gasteiger partial charge on any atom is 0.275 e. The monoisotopic (exact) mass is 397 g/mol. The van der Waals surface area contributed by atoms with E-state index in [2.05, 4.69) is 25.4 Å². The smallest absolute Gasteiger partial charge is 0.275 e. The molecule has 0 bridgehead atoms. The van der Waals surface area contributed by atoms with Crippen molar-refractivity contribution < 1.29 is 13.7 Å². The van der Waals surface area contributed by atoms with Crippen LogP contribution in [0.3, 0.4) is 0 Å². The molecule has 0 atom stereocenters. The highest BCUT2D eigenvalue weighted by molar-refractivity contribution is 6.03. The molecule has 0 unspecified atom stereocenters. The minimum absolute atomic E-state index is 0.237. The normalized spacial score (nSPS) is 10.9. The summed E-state index contributed by atoms with van der Waals surface area (Å²) in [6.07, 6.45) is 3.37. The van der Waals surface area contributed by atoms with Crippen molar-refractivity contribution in [1.29, 1.82) is 0 Å². The highest BCUT2D eigenvalue weighted by atomic mass is 16.5. The Hall–Kier alpha value is -4.33. The van der Waals surface area contributed by atoms with Gasteiger partial charge in [-0.2, -0.15) is 4.98 Å². The van der Waals surface area contributed by atoms with E-state index in [0.717, 1.165) is 11.1 Å². The Kier molecular flexibility index (Phi) is 4.49. The number of fused-ring (bicyclic) bond motifs is 1. The Balaban J connectivity index is 1.37. The highest BCUT2D eigenvalue weighted by Crippen LogP contribution is 2.22. The lowest BCUT2D eigenvalue weighted by Gasteiger charge is -2.09. The van der Waals surface area contributed by atoms with Crippen molar-refractivity contribution in [3.8, 4) is 11.6 Å². The minimum Gasteiger partial charge on any atom is -0.461 e. The van der Waals surface area contributed by atoms with Crippen LogP contribution in [0, 0.1) is 0 Å². The van der Waals surface area contributed by atoms with Gasteiger partial charge in [-0.25, -0.2) is 4.98 Å². The highest BCUT2D eigenvalue weighted by Gasteiger charge is 2.15. The van der Waals surface area contributed by atoms with Gasteiger partial charge in [0.15, 0.2) is 5.76 Å². The molecule has 0 aliphatic carbocycles. The zero-order chi connectivity index (χ0) is 20.3. The molecule has 5 aromatic rings. The molecule has 3 aromatic heterocycles. The molecule has 0 fully saturated rings. The van der Waals surface area contributed by atoms with Gasteiger partial charge in [-0.05, 0) is 35.9 Å². The molecule has 0 saturated carbocycles. The second-order valence-electron chi connectivity index (χ2n) is 6.52. The number of nitrogens with zero attached hydrogens (tertiary/aromatic N) is 4. The van der Waals surface area contributed by atoms with Crippen molar-refractivity contribution in [3.05, 3.63) is 90.3 Å². The standard InChI is InChI=1S/C22H15N5O3/c28-22(18-13-23-16-8-3-4-9-17(16)24-18)25-15-7-2-1-6-14(15)12-20-26-21(27-30-20)19-10-5-11-29-19/h1-11,13H,12H2,(H,25,28). The van der Waals surface area contributed by atoms with Crippen LogP contribution in [-0.4, -0.2) is 26.0 Å². The molecule has 0 spiro atoms. The summed E-state index contributed by atoms with van der Waals surface area (Å²) in [6, 6.07) is 18.3. The van der Waals surface area contributed by atoms with E-state index in [4.69, 9.17) is 8.94 Å². The van der Waals surface area contributed by atoms with Gasteiger partial charge in [0.2, 0.25) is 11.7 Å². The minimum atomic E-state index is -0.345. The maximum atomic E-state index is 12.7. The van der Waals surface area contributed by atoms with Crippen LogP contribution in [0.25, 0.3) is 22.6 Å². The third-order valence-electron chi connectivity index (χ3n) is 4.50. The summed E-state index contributed by atoms with van der Waals surface area (Å²) in [6.45, 7) is 0. The number of benzene rings is 2. The van der Waals surface area contributed by atoms with Gasteiger partial charge in [0, 0.05) is 5.69 Å². The predicted octanol–water partition coefficient (Wildman–Crippen LogP) is 4.12. The molecule has 146 valence electrons. The zero-order valence-electron chi connectivity index (χ0n) is 15.6. The van der Waals surface area contributed by atoms with Crippen molar-refractivity contribution in [1.82, 2.24) is 20.1 Å². The second-order valence-corrected chi connectivity index (χ2v) is 6.52. The quantitative estimate of drug-likeness (QED) is 0.475. The number of rotatable bonds is 5. The number of amides is 1. The summed E-state index contributed by atoms with van der Waals surface area (Å²) in [5, 5.41) is 6.83. The number of hydrogen-bond acceptors (Lipinski definition) is 7. The van der Waals surface area contributed by atoms with E-state index in [-0.39, 0.29) is 11.6 Å². The molecule has 0 aliphatic rings. The van der Waals surface area contributed by atoms with Crippen LogP contribution in [-0.2, 0) is 6.42 Å². The van der Waals surface area contributed by atoms with E-state index in [0.29, 0.717) is 35.1 Å². The van der Waals surface area contributed by atoms with E-state index in [1.165, 1.54) is 6.20 Å². The number of hydrogen-bond donors (Lipinski definition) is 1. The molecular weight excluding hydrogens is 382 g/mol. The fourth-order valence-electron chi connectivity index (χ4n) is 3.04. The topological polar surface area (TPSA) is 107 Å². The van der Waals surface area contributed by atoms with Gasteiger partial charge in [0.05, 0.1) is 29.9 Å². The largest absolute Gasteiger partial charge is 0.461 e. The number of carbonyl (C=O) groups is 1. The molecule has 30 heavy (non-hydrogen) atoms. The van der Waals surface area contributed by atoms with Crippen molar-refractivity contribution in [2.24, 2.45) is 0 Å². The summed E-state index contributed by atoms with van der Waals surface area (Å²) < 4.78 is 10.6. The Labute approximate surface area is 170 Å². The molecule has 1 amide bonds. The summed E-state index contributed by atoms with van der Waals surface area (Å²) >= 11 is 0. The molecule has 1 N–H and O–H groups in total. The summed E-state index contributed by atoms with van der Waals surface area (Å²) in [4.78, 5) is 25.8. The average Bonchev–Trinajstić information content (AvgIpc) is 3.47. The van der Waals surface area contributed by atoms with Crippen LogP contribution in [0.1, 0.15) is 21.9 Å². The van der Waals surface area contributed by atoms with Crippen LogP contribution in [0.15, 0.2) is 82.1 Å². The molecule has 8 heteroatoms. The number of anilines is 1. The van der Waals surface area contributed by atoms with E-state index < -0.39 is 0 Å². The van der Waals surface area contributed by atoms with Gasteiger partial charge in [-0.15, -0.1) is 0 Å². The van der Waals surface area contributed by atoms with Gasteiger partial charge in [0.25, 0.3) is 5.91 Å². The fraction of sp³-hybridized carbons (Fsp3) is 0.0455. The van der Waals surface area contributed by atoms with Crippen molar-refractivity contribution in [2.75, 3.05) is 5.32 Å². The van der Waals surface area contributed by atoms with Gasteiger partial charge in [-0.3, -0.25) is 9.78 Å². The molecule has 5 rings (SSSR count). The first-order chi connectivity index (χ1) is 14.8. The van der Waals surface area contributed by atoms with Gasteiger partial charge >= 0.3 is 0 Å². The van der Waals surface area contributed by atoms with Crippen LogP contribution in [0.4, 0.5) is 5.69 Å². The van der Waals surface area contributed by atoms with Crippen LogP contribution < -0.4 is 5.32 Å². The molecule has 0 radical (unpaired) electrons. The van der Waals surface area contributed by atoms with E-state index in [1.54, 1.807) is 18.4 Å². The SMILES string of the molecule is O=C(Nc1ccccc1Cc1nc(-c2ccco2)no1)c1cnc2ccccc2n1. The molecule has 0 saturated heterocycles. The van der Waals surface area contributed by atoms with Crippen LogP contribution in [0.2, 0.25) is 0 Å². The lowest BCUT2D eigenvalue weighted by molar-refractivity contribution is 0.102. The number of aromatic nitrogens is 4. The number of nitrogens with one attached hydrogen (secondary N) is 1. The molecule has 8 nitrogen and oxygen atoms in total. The lowest BCUT2D eigenvalue weighted by Crippen LogP contribution is -2.15. The molecule has 0 aliphatic heterocycles. The van der Waals surface area contributed by atoms with Crippen LogP contribution >= 0.6 is 0 Å². The average molecular weight is 397 g/mol. The summed E-state index contributed by atoms with van der Waals surface area (Å²) in [5.41, 5.74) is 3.10. The number of furan rings is 1. The second kappa shape index (κ2) is 7.59. The third-order valence-corrected chi connectivity index (χ3v) is 4.50. The third kappa shape index (κ3) is 3.53. The van der Waals surface area contributed by atoms with Crippen molar-refractivity contribution in [3.63, 3.8) is 0 Å². The summed E-state index contributed by atoms with van der Waals surface area (Å²) in [5.74, 6) is 0.973. The molecule has 2 aromatic carbocycles. The van der Waals surface area contributed by atoms with Crippen molar-refractivity contribution >= 4 is 22.6 Å². The van der Waals surface area contributed by atoms with Gasteiger partial charge < -0.3 is 14.3 Å². The van der Waals surface area contributed by atoms with Gasteiger partial charge in [0.1, 0.15) is 5.69 Å². The fourth-order valence-corrected chi connectivity index (χ4v) is 3.04. The summed E-state index contributed by atoms with van der Waals surface area (Å²) in [7, 11) is 0. The lowest BCUT2D eigenvalue weighted by atomic mass is 10.1. The Bertz CT molecular complexity index is 1330. The Morgan fingerprint density at radius 1 is 0.933 bits per heavy atom. The van der Waals surface area contributed by atoms with E-state index in [1.807, 2.05) is 48.5 Å². The number of para-hydroxylation sites is 3. The first kappa shape index (κ1) is 17.7. The maximum absolute atomic E-state index is 12.7. The Morgan fingerprint density at radius 2 is 1.77 bits per heavy atom. The first-order valence-electron chi connectivity index (χ1n) is 9.24. The molecular formula is C22H15N5O3. The van der Waals surface area contributed by atoms with Gasteiger partial charge in [-0.1, -0.05) is 35.5 Å². The number of carbonyl (C=O) groups excluding carboxylic acids is 1. The molecule has 3 heterocycles. The van der Waals surface area contributed by atoms with E-state index in [9.17, 15) is 4.79 Å². The van der Waals surface area contributed by atoms with E-state index >= 15 is 0 Å². The zero-order valence-corrected chi connectivity index (χ0v) is 15.6. The first-order valence-corrected chi connectivity index (χ1v) is 9.24. The van der Waals surface area contributed by atoms with Crippen LogP contribution in [0.5, 0.6) is 0 Å². The predicted molar refractivity (Wildman–Crippen MR) is 109 cm³/mol.